The second kappa shape index (κ2) is 9.10. The van der Waals surface area contributed by atoms with Gasteiger partial charge in [-0.25, -0.2) is 4.98 Å². The van der Waals surface area contributed by atoms with Gasteiger partial charge in [0.1, 0.15) is 23.0 Å². The first-order chi connectivity index (χ1) is 13.8. The standard InChI is InChI=1S/C22H23N3O2S/c26-21(23-11-12-25-13-15-27-16-14-25)20-19(17-7-3-1-4-8-17)24-22(28-20)18-9-5-2-6-10-18/h1-10H,11-16H2,(H,23,26)/p+1. The minimum Gasteiger partial charge on any atom is -0.370 e. The van der Waals surface area contributed by atoms with E-state index >= 15 is 0 Å². The van der Waals surface area contributed by atoms with Crippen LogP contribution in [0, 0.1) is 0 Å². The highest BCUT2D eigenvalue weighted by atomic mass is 32.1. The van der Waals surface area contributed by atoms with E-state index in [9.17, 15) is 4.79 Å². The maximum absolute atomic E-state index is 13.0. The Morgan fingerprint density at radius 3 is 2.32 bits per heavy atom. The van der Waals surface area contributed by atoms with Gasteiger partial charge in [0.15, 0.2) is 0 Å². The smallest absolute Gasteiger partial charge is 0.263 e. The largest absolute Gasteiger partial charge is 0.370 e. The second-order valence-corrected chi connectivity index (χ2v) is 7.80. The molecule has 2 heterocycles. The average molecular weight is 395 g/mol. The van der Waals surface area contributed by atoms with Gasteiger partial charge < -0.3 is 15.0 Å². The fraction of sp³-hybridized carbons (Fsp3) is 0.273. The molecule has 4 rings (SSSR count). The molecule has 2 N–H and O–H groups in total. The summed E-state index contributed by atoms with van der Waals surface area (Å²) in [6, 6.07) is 19.9. The van der Waals surface area contributed by atoms with E-state index in [0.717, 1.165) is 54.7 Å². The van der Waals surface area contributed by atoms with Crippen LogP contribution >= 0.6 is 11.3 Å². The Kier molecular flexibility index (Phi) is 6.11. The number of morpholine rings is 1. The van der Waals surface area contributed by atoms with Gasteiger partial charge in [-0.3, -0.25) is 4.79 Å². The van der Waals surface area contributed by atoms with Gasteiger partial charge in [0.25, 0.3) is 5.91 Å². The summed E-state index contributed by atoms with van der Waals surface area (Å²) in [4.78, 5) is 19.9. The Bertz CT molecular complexity index is 906. The van der Waals surface area contributed by atoms with Crippen LogP contribution in [0.1, 0.15) is 9.67 Å². The molecule has 6 heteroatoms. The third-order valence-electron chi connectivity index (χ3n) is 4.87. The van der Waals surface area contributed by atoms with Crippen LogP contribution in [-0.4, -0.2) is 50.3 Å². The highest BCUT2D eigenvalue weighted by Crippen LogP contribution is 2.33. The quantitative estimate of drug-likeness (QED) is 0.673. The molecule has 0 bridgehead atoms. The molecule has 1 saturated heterocycles. The Morgan fingerprint density at radius 2 is 1.64 bits per heavy atom. The van der Waals surface area contributed by atoms with Crippen molar-refractivity contribution in [3.05, 3.63) is 65.5 Å². The number of amides is 1. The van der Waals surface area contributed by atoms with E-state index in [1.807, 2.05) is 60.7 Å². The molecule has 2 aromatic carbocycles. The molecular formula is C22H24N3O2S+. The summed E-state index contributed by atoms with van der Waals surface area (Å²) in [7, 11) is 0. The zero-order valence-electron chi connectivity index (χ0n) is 15.7. The average Bonchev–Trinajstić information content (AvgIpc) is 3.21. The number of hydrogen-bond acceptors (Lipinski definition) is 4. The number of aromatic nitrogens is 1. The lowest BCUT2D eigenvalue weighted by atomic mass is 10.1. The first kappa shape index (κ1) is 18.8. The third kappa shape index (κ3) is 4.47. The number of nitrogens with zero attached hydrogens (tertiary/aromatic N) is 1. The van der Waals surface area contributed by atoms with Crippen molar-refractivity contribution >= 4 is 17.2 Å². The number of benzene rings is 2. The summed E-state index contributed by atoms with van der Waals surface area (Å²) < 4.78 is 5.39. The van der Waals surface area contributed by atoms with E-state index in [2.05, 4.69) is 5.32 Å². The fourth-order valence-corrected chi connectivity index (χ4v) is 4.32. The van der Waals surface area contributed by atoms with Gasteiger partial charge in [-0.15, -0.1) is 11.3 Å². The molecule has 1 aliphatic rings. The summed E-state index contributed by atoms with van der Waals surface area (Å²) >= 11 is 1.45. The van der Waals surface area contributed by atoms with E-state index in [1.54, 1.807) is 0 Å². The van der Waals surface area contributed by atoms with Crippen LogP contribution in [0.3, 0.4) is 0 Å². The van der Waals surface area contributed by atoms with Crippen LogP contribution < -0.4 is 10.2 Å². The number of quaternary nitrogens is 1. The molecule has 1 fully saturated rings. The Labute approximate surface area is 169 Å². The predicted molar refractivity (Wildman–Crippen MR) is 112 cm³/mol. The van der Waals surface area contributed by atoms with E-state index in [1.165, 1.54) is 16.2 Å². The number of carbonyl (C=O) groups is 1. The SMILES string of the molecule is O=C(NCC[NH+]1CCOCC1)c1sc(-c2ccccc2)nc1-c1ccccc1. The van der Waals surface area contributed by atoms with Crippen LogP contribution in [0.2, 0.25) is 0 Å². The topological polar surface area (TPSA) is 55.7 Å². The van der Waals surface area contributed by atoms with Crippen molar-refractivity contribution in [2.45, 2.75) is 0 Å². The molecule has 1 aliphatic heterocycles. The lowest BCUT2D eigenvalue weighted by Crippen LogP contribution is -3.14. The predicted octanol–water partition coefficient (Wildman–Crippen LogP) is 2.12. The van der Waals surface area contributed by atoms with Gasteiger partial charge in [0, 0.05) is 11.1 Å². The summed E-state index contributed by atoms with van der Waals surface area (Å²) in [6.07, 6.45) is 0. The molecule has 1 aromatic heterocycles. The minimum atomic E-state index is -0.0498. The highest BCUT2D eigenvalue weighted by molar-refractivity contribution is 7.17. The molecule has 0 radical (unpaired) electrons. The number of carbonyl (C=O) groups excluding carboxylic acids is 1. The van der Waals surface area contributed by atoms with Crippen LogP contribution in [0.15, 0.2) is 60.7 Å². The second-order valence-electron chi connectivity index (χ2n) is 6.80. The molecule has 0 spiro atoms. The van der Waals surface area contributed by atoms with Crippen LogP contribution in [0.25, 0.3) is 21.8 Å². The summed E-state index contributed by atoms with van der Waals surface area (Å²) in [6.45, 7) is 5.18. The number of thiazole rings is 1. The van der Waals surface area contributed by atoms with E-state index < -0.39 is 0 Å². The zero-order valence-corrected chi connectivity index (χ0v) is 16.5. The van der Waals surface area contributed by atoms with Crippen LogP contribution in [-0.2, 0) is 4.74 Å². The van der Waals surface area contributed by atoms with Gasteiger partial charge >= 0.3 is 0 Å². The maximum atomic E-state index is 13.0. The summed E-state index contributed by atoms with van der Waals surface area (Å²) in [5.74, 6) is -0.0498. The molecular weight excluding hydrogens is 370 g/mol. The number of rotatable bonds is 6. The van der Waals surface area contributed by atoms with Gasteiger partial charge in [-0.05, 0) is 0 Å². The Morgan fingerprint density at radius 1 is 1.00 bits per heavy atom. The normalized spacial score (nSPS) is 14.7. The van der Waals surface area contributed by atoms with Crippen molar-refractivity contribution in [2.24, 2.45) is 0 Å². The molecule has 5 nitrogen and oxygen atoms in total. The van der Waals surface area contributed by atoms with E-state index in [0.29, 0.717) is 11.4 Å². The highest BCUT2D eigenvalue weighted by Gasteiger charge is 2.21. The lowest BCUT2D eigenvalue weighted by Gasteiger charge is -2.23. The molecule has 144 valence electrons. The number of nitrogens with one attached hydrogen (secondary N) is 2. The van der Waals surface area contributed by atoms with Gasteiger partial charge in [-0.2, -0.15) is 0 Å². The summed E-state index contributed by atoms with van der Waals surface area (Å²) in [5.41, 5.74) is 2.74. The minimum absolute atomic E-state index is 0.0498. The molecule has 1 amide bonds. The molecule has 0 atom stereocenters. The zero-order chi connectivity index (χ0) is 19.2. The first-order valence-electron chi connectivity index (χ1n) is 9.62. The van der Waals surface area contributed by atoms with Gasteiger partial charge in [0.05, 0.1) is 32.0 Å². The van der Waals surface area contributed by atoms with Crippen LogP contribution in [0.5, 0.6) is 0 Å². The maximum Gasteiger partial charge on any atom is 0.263 e. The van der Waals surface area contributed by atoms with Crippen molar-refractivity contribution < 1.29 is 14.4 Å². The monoisotopic (exact) mass is 394 g/mol. The lowest BCUT2D eigenvalue weighted by molar-refractivity contribution is -0.906. The van der Waals surface area contributed by atoms with Crippen LogP contribution in [0.4, 0.5) is 0 Å². The van der Waals surface area contributed by atoms with Crippen molar-refractivity contribution in [3.63, 3.8) is 0 Å². The number of hydrogen-bond donors (Lipinski definition) is 2. The van der Waals surface area contributed by atoms with E-state index in [4.69, 9.17) is 9.72 Å². The van der Waals surface area contributed by atoms with Crippen molar-refractivity contribution in [1.82, 2.24) is 10.3 Å². The summed E-state index contributed by atoms with van der Waals surface area (Å²) in [5, 5.41) is 3.96. The molecule has 0 saturated carbocycles. The van der Waals surface area contributed by atoms with Crippen molar-refractivity contribution in [3.8, 4) is 21.8 Å². The molecule has 3 aromatic rings. The van der Waals surface area contributed by atoms with Crippen molar-refractivity contribution in [1.29, 1.82) is 0 Å². The van der Waals surface area contributed by atoms with E-state index in [-0.39, 0.29) is 5.91 Å². The third-order valence-corrected chi connectivity index (χ3v) is 5.97. The fourth-order valence-electron chi connectivity index (χ4n) is 3.31. The Hall–Kier alpha value is -2.54. The van der Waals surface area contributed by atoms with Gasteiger partial charge in [0.2, 0.25) is 0 Å². The number of ether oxygens (including phenoxy) is 1. The molecule has 0 aliphatic carbocycles. The van der Waals surface area contributed by atoms with Crippen molar-refractivity contribution in [2.75, 3.05) is 39.4 Å². The van der Waals surface area contributed by atoms with Gasteiger partial charge in [-0.1, -0.05) is 60.7 Å². The molecule has 0 unspecified atom stereocenters. The molecule has 28 heavy (non-hydrogen) atoms. The Balaban J connectivity index is 1.54. The first-order valence-corrected chi connectivity index (χ1v) is 10.4.